The summed E-state index contributed by atoms with van der Waals surface area (Å²) in [5.74, 6) is -1.17. The molecule has 2 aliphatic rings. The zero-order valence-corrected chi connectivity index (χ0v) is 16.0. The number of hydrogen-bond donors (Lipinski definition) is 1. The Kier molecular flexibility index (Phi) is 5.07. The van der Waals surface area contributed by atoms with Crippen LogP contribution in [0.15, 0.2) is 23.1 Å². The van der Waals surface area contributed by atoms with Crippen LogP contribution in [0.5, 0.6) is 0 Å². The van der Waals surface area contributed by atoms with E-state index < -0.39 is 17.2 Å². The van der Waals surface area contributed by atoms with Crippen molar-refractivity contribution in [1.29, 1.82) is 0 Å². The Labute approximate surface area is 162 Å². The first kappa shape index (κ1) is 18.9. The molecule has 2 aliphatic heterocycles. The minimum atomic E-state index is -0.687. The molecular formula is C20H24FN3O4. The smallest absolute Gasteiger partial charge is 0.343 e. The number of halogens is 1. The van der Waals surface area contributed by atoms with Gasteiger partial charge in [-0.1, -0.05) is 0 Å². The Balaban J connectivity index is 1.79. The number of esters is 1. The molecule has 4 rings (SSSR count). The molecule has 1 aromatic carbocycles. The molecule has 2 aromatic rings. The molecule has 1 aromatic heterocycles. The molecule has 150 valence electrons. The number of carbonyl (C=O) groups is 1. The van der Waals surface area contributed by atoms with E-state index in [0.717, 1.165) is 6.54 Å². The zero-order valence-electron chi connectivity index (χ0n) is 16.0. The second-order valence-corrected chi connectivity index (χ2v) is 7.07. The number of morpholine rings is 1. The van der Waals surface area contributed by atoms with Gasteiger partial charge in [0.25, 0.3) is 0 Å². The fourth-order valence-electron chi connectivity index (χ4n) is 4.05. The highest BCUT2D eigenvalue weighted by molar-refractivity contribution is 5.94. The molecule has 0 radical (unpaired) electrons. The van der Waals surface area contributed by atoms with Crippen molar-refractivity contribution < 1.29 is 18.7 Å². The third-order valence-corrected chi connectivity index (χ3v) is 5.43. The fraction of sp³-hybridized carbons (Fsp3) is 0.500. The summed E-state index contributed by atoms with van der Waals surface area (Å²) in [6.45, 7) is 6.97. The monoisotopic (exact) mass is 389 g/mol. The molecule has 28 heavy (non-hydrogen) atoms. The minimum absolute atomic E-state index is 0.0309. The van der Waals surface area contributed by atoms with Crippen LogP contribution < -0.4 is 15.6 Å². The first-order valence-corrected chi connectivity index (χ1v) is 9.67. The van der Waals surface area contributed by atoms with Crippen molar-refractivity contribution in [2.45, 2.75) is 32.5 Å². The number of ether oxygens (including phenoxy) is 2. The van der Waals surface area contributed by atoms with Gasteiger partial charge in [0.05, 0.1) is 36.6 Å². The molecular weight excluding hydrogens is 365 g/mol. The number of fused-ring (bicyclic) bond motifs is 2. The van der Waals surface area contributed by atoms with Gasteiger partial charge in [0.1, 0.15) is 11.4 Å². The number of benzene rings is 1. The van der Waals surface area contributed by atoms with Crippen LogP contribution in [0.3, 0.4) is 0 Å². The van der Waals surface area contributed by atoms with Gasteiger partial charge in [-0.3, -0.25) is 4.79 Å². The van der Waals surface area contributed by atoms with Crippen molar-refractivity contribution in [3.8, 4) is 0 Å². The van der Waals surface area contributed by atoms with Crippen molar-refractivity contribution in [2.75, 3.05) is 37.7 Å². The molecule has 3 heterocycles. The number of carbonyl (C=O) groups excluding carboxylic acids is 1. The number of hydrogen-bond acceptors (Lipinski definition) is 6. The van der Waals surface area contributed by atoms with E-state index >= 15 is 0 Å². The van der Waals surface area contributed by atoms with Crippen LogP contribution in [-0.2, 0) is 16.0 Å². The highest BCUT2D eigenvalue weighted by atomic mass is 19.1. The number of aromatic nitrogens is 1. The van der Waals surface area contributed by atoms with E-state index in [1.54, 1.807) is 17.6 Å². The van der Waals surface area contributed by atoms with Gasteiger partial charge in [-0.15, -0.1) is 0 Å². The van der Waals surface area contributed by atoms with E-state index in [-0.39, 0.29) is 29.7 Å². The topological polar surface area (TPSA) is 72.8 Å². The highest BCUT2D eigenvalue weighted by Crippen LogP contribution is 2.29. The van der Waals surface area contributed by atoms with Crippen LogP contribution in [0, 0.1) is 5.82 Å². The minimum Gasteiger partial charge on any atom is -0.462 e. The number of pyridine rings is 1. The summed E-state index contributed by atoms with van der Waals surface area (Å²) >= 11 is 0. The summed E-state index contributed by atoms with van der Waals surface area (Å²) in [6, 6.07) is 3.10. The van der Waals surface area contributed by atoms with Crippen LogP contribution in [0.2, 0.25) is 0 Å². The fourth-order valence-corrected chi connectivity index (χ4v) is 4.05. The Morgan fingerprint density at radius 2 is 2.18 bits per heavy atom. The lowest BCUT2D eigenvalue weighted by atomic mass is 10.1. The van der Waals surface area contributed by atoms with Crippen LogP contribution >= 0.6 is 0 Å². The molecule has 0 amide bonds. The SMILES string of the molecule is CCOC(=O)c1cn(CC)c2cc(N3CC4NCCOC4C3)c(F)cc2c1=O. The summed E-state index contributed by atoms with van der Waals surface area (Å²) in [7, 11) is 0. The molecule has 2 unspecified atom stereocenters. The van der Waals surface area contributed by atoms with E-state index in [0.29, 0.717) is 37.4 Å². The van der Waals surface area contributed by atoms with E-state index in [4.69, 9.17) is 9.47 Å². The lowest BCUT2D eigenvalue weighted by molar-refractivity contribution is 0.0212. The summed E-state index contributed by atoms with van der Waals surface area (Å²) in [5.41, 5.74) is 0.454. The van der Waals surface area contributed by atoms with E-state index in [2.05, 4.69) is 5.32 Å². The van der Waals surface area contributed by atoms with Crippen molar-refractivity contribution in [1.82, 2.24) is 9.88 Å². The summed E-state index contributed by atoms with van der Waals surface area (Å²) in [5, 5.41) is 3.59. The lowest BCUT2D eigenvalue weighted by Gasteiger charge is -2.25. The predicted octanol–water partition coefficient (Wildman–Crippen LogP) is 1.51. The van der Waals surface area contributed by atoms with Crippen molar-refractivity contribution >= 4 is 22.6 Å². The number of rotatable bonds is 4. The predicted molar refractivity (Wildman–Crippen MR) is 104 cm³/mol. The van der Waals surface area contributed by atoms with Gasteiger partial charge < -0.3 is 24.3 Å². The van der Waals surface area contributed by atoms with Gasteiger partial charge >= 0.3 is 5.97 Å². The normalized spacial score (nSPS) is 21.8. The van der Waals surface area contributed by atoms with Gasteiger partial charge in [0.15, 0.2) is 0 Å². The molecule has 8 heteroatoms. The first-order valence-electron chi connectivity index (χ1n) is 9.67. The Morgan fingerprint density at radius 1 is 1.36 bits per heavy atom. The average molecular weight is 389 g/mol. The third-order valence-electron chi connectivity index (χ3n) is 5.43. The van der Waals surface area contributed by atoms with Gasteiger partial charge in [-0.2, -0.15) is 0 Å². The summed E-state index contributed by atoms with van der Waals surface area (Å²) in [4.78, 5) is 26.9. The zero-order chi connectivity index (χ0) is 19.8. The Morgan fingerprint density at radius 3 is 2.89 bits per heavy atom. The first-order chi connectivity index (χ1) is 13.5. The number of nitrogens with zero attached hydrogens (tertiary/aromatic N) is 2. The van der Waals surface area contributed by atoms with Crippen molar-refractivity contribution in [3.05, 3.63) is 39.9 Å². The molecule has 0 bridgehead atoms. The third kappa shape index (κ3) is 3.16. The van der Waals surface area contributed by atoms with Gasteiger partial charge in [0.2, 0.25) is 5.43 Å². The molecule has 2 saturated heterocycles. The number of nitrogens with one attached hydrogen (secondary N) is 1. The van der Waals surface area contributed by atoms with E-state index in [1.807, 2.05) is 11.8 Å². The maximum absolute atomic E-state index is 15.0. The second kappa shape index (κ2) is 7.52. The number of anilines is 1. The van der Waals surface area contributed by atoms with Gasteiger partial charge in [0, 0.05) is 37.8 Å². The molecule has 2 fully saturated rings. The second-order valence-electron chi connectivity index (χ2n) is 7.07. The Hall–Kier alpha value is -2.45. The molecule has 0 saturated carbocycles. The molecule has 0 aliphatic carbocycles. The average Bonchev–Trinajstić information content (AvgIpc) is 3.12. The maximum Gasteiger partial charge on any atom is 0.343 e. The quantitative estimate of drug-likeness (QED) is 0.800. The van der Waals surface area contributed by atoms with Crippen molar-refractivity contribution in [3.63, 3.8) is 0 Å². The van der Waals surface area contributed by atoms with Crippen molar-refractivity contribution in [2.24, 2.45) is 0 Å². The largest absolute Gasteiger partial charge is 0.462 e. The standard InChI is InChI=1S/C20H24FN3O4/c1-3-23-9-13(20(26)27-4-2)19(25)12-7-14(21)17(8-16(12)23)24-10-15-18(11-24)28-6-5-22-15/h7-9,15,18,22H,3-6,10-11H2,1-2H3. The van der Waals surface area contributed by atoms with Crippen LogP contribution in [-0.4, -0.2) is 55.5 Å². The van der Waals surface area contributed by atoms with E-state index in [9.17, 15) is 14.0 Å². The maximum atomic E-state index is 15.0. The summed E-state index contributed by atoms with van der Waals surface area (Å²) < 4.78 is 27.5. The van der Waals surface area contributed by atoms with Crippen LogP contribution in [0.25, 0.3) is 10.9 Å². The molecule has 1 N–H and O–H groups in total. The van der Waals surface area contributed by atoms with Gasteiger partial charge in [-0.25, -0.2) is 9.18 Å². The molecule has 7 nitrogen and oxygen atoms in total. The van der Waals surface area contributed by atoms with Crippen LogP contribution in [0.1, 0.15) is 24.2 Å². The molecule has 2 atom stereocenters. The summed E-state index contributed by atoms with van der Waals surface area (Å²) in [6.07, 6.45) is 1.53. The van der Waals surface area contributed by atoms with E-state index in [1.165, 1.54) is 12.3 Å². The molecule has 0 spiro atoms. The van der Waals surface area contributed by atoms with Crippen LogP contribution in [0.4, 0.5) is 10.1 Å². The number of aryl methyl sites for hydroxylation is 1. The Bertz CT molecular complexity index is 960. The van der Waals surface area contributed by atoms with Gasteiger partial charge in [-0.05, 0) is 26.0 Å². The highest BCUT2D eigenvalue weighted by Gasteiger charge is 2.36. The lowest BCUT2D eigenvalue weighted by Crippen LogP contribution is -2.47.